The zero-order chi connectivity index (χ0) is 20.8. The molecule has 3 rings (SSSR count). The second kappa shape index (κ2) is 9.71. The third kappa shape index (κ3) is 5.68. The van der Waals surface area contributed by atoms with E-state index in [1.165, 1.54) is 12.2 Å². The predicted molar refractivity (Wildman–Crippen MR) is 105 cm³/mol. The summed E-state index contributed by atoms with van der Waals surface area (Å²) in [5.41, 5.74) is 0.854. The van der Waals surface area contributed by atoms with Gasteiger partial charge in [-0.25, -0.2) is 9.59 Å². The Morgan fingerprint density at radius 3 is 2.62 bits per heavy atom. The maximum absolute atomic E-state index is 12.1. The van der Waals surface area contributed by atoms with Crippen LogP contribution < -0.4 is 4.74 Å². The van der Waals surface area contributed by atoms with Gasteiger partial charge in [-0.05, 0) is 43.5 Å². The average Bonchev–Trinajstić information content (AvgIpc) is 3.22. The van der Waals surface area contributed by atoms with Crippen LogP contribution >= 0.6 is 0 Å². The van der Waals surface area contributed by atoms with E-state index < -0.39 is 36.4 Å². The molecule has 0 aromatic heterocycles. The number of ether oxygens (including phenoxy) is 4. The van der Waals surface area contributed by atoms with Crippen LogP contribution in [0, 0.1) is 0 Å². The summed E-state index contributed by atoms with van der Waals surface area (Å²) >= 11 is 0. The molecule has 1 N–H and O–H groups in total. The fourth-order valence-electron chi connectivity index (χ4n) is 3.45. The molecular weight excluding hydrogens is 376 g/mol. The molecule has 29 heavy (non-hydrogen) atoms. The summed E-state index contributed by atoms with van der Waals surface area (Å²) in [7, 11) is 1.59. The van der Waals surface area contributed by atoms with Gasteiger partial charge in [-0.15, -0.1) is 0 Å². The summed E-state index contributed by atoms with van der Waals surface area (Å²) in [6.45, 7) is 1.77. The van der Waals surface area contributed by atoms with E-state index in [1.807, 2.05) is 24.3 Å². The van der Waals surface area contributed by atoms with E-state index in [9.17, 15) is 14.7 Å². The third-order valence-electron chi connectivity index (χ3n) is 5.09. The van der Waals surface area contributed by atoms with Crippen molar-refractivity contribution in [3.05, 3.63) is 48.1 Å². The highest BCUT2D eigenvalue weighted by molar-refractivity contribution is 5.87. The summed E-state index contributed by atoms with van der Waals surface area (Å²) in [6, 6.07) is 7.30. The topological polar surface area (TPSA) is 91.3 Å². The van der Waals surface area contributed by atoms with Crippen molar-refractivity contribution in [2.75, 3.05) is 7.11 Å². The first-order chi connectivity index (χ1) is 14.0. The lowest BCUT2D eigenvalue weighted by molar-refractivity contribution is -0.164. The van der Waals surface area contributed by atoms with Gasteiger partial charge in [0.25, 0.3) is 0 Å². The first kappa shape index (κ1) is 21.1. The first-order valence-electron chi connectivity index (χ1n) is 9.69. The van der Waals surface area contributed by atoms with E-state index in [1.54, 1.807) is 26.2 Å². The van der Waals surface area contributed by atoms with E-state index in [4.69, 9.17) is 18.9 Å². The fourth-order valence-corrected chi connectivity index (χ4v) is 3.45. The van der Waals surface area contributed by atoms with Crippen molar-refractivity contribution in [1.29, 1.82) is 0 Å². The Kier molecular flexibility index (Phi) is 7.06. The van der Waals surface area contributed by atoms with Crippen LogP contribution in [0.5, 0.6) is 5.75 Å². The lowest BCUT2D eigenvalue weighted by atomic mass is 10.0. The van der Waals surface area contributed by atoms with Crippen LogP contribution in [0.2, 0.25) is 0 Å². The van der Waals surface area contributed by atoms with Crippen LogP contribution in [0.15, 0.2) is 42.5 Å². The Bertz CT molecular complexity index is 768. The molecule has 1 saturated heterocycles. The number of methoxy groups -OCH3 is 1. The molecule has 1 aromatic rings. The molecule has 1 fully saturated rings. The first-order valence-corrected chi connectivity index (χ1v) is 9.69. The van der Waals surface area contributed by atoms with Gasteiger partial charge in [0.1, 0.15) is 24.1 Å². The summed E-state index contributed by atoms with van der Waals surface area (Å²) in [5, 5.41) is 10.5. The van der Waals surface area contributed by atoms with Crippen LogP contribution in [0.3, 0.4) is 0 Å². The zero-order valence-corrected chi connectivity index (χ0v) is 16.5. The number of cyclic esters (lactones) is 1. The van der Waals surface area contributed by atoms with Crippen molar-refractivity contribution in [2.45, 2.75) is 56.7 Å². The molecule has 0 unspecified atom stereocenters. The Morgan fingerprint density at radius 2 is 1.93 bits per heavy atom. The number of rotatable bonds is 7. The summed E-state index contributed by atoms with van der Waals surface area (Å²) in [5.74, 6) is -0.180. The maximum Gasteiger partial charge on any atom is 0.331 e. The molecule has 2 aliphatic rings. The molecule has 0 saturated carbocycles. The molecule has 7 nitrogen and oxygen atoms in total. The van der Waals surface area contributed by atoms with Crippen LogP contribution in [0.25, 0.3) is 6.08 Å². The molecule has 2 aliphatic heterocycles. The van der Waals surface area contributed by atoms with Crippen LogP contribution in [0.4, 0.5) is 0 Å². The standard InChI is InChI=1S/C22H26O7/c1-14(27-21(24)13-8-15-6-9-16(26-2)10-7-15)17-11-12-19(28-17)22(25)18-4-3-5-20(23)29-18/h3,5-10,13-14,17-19,22,25H,4,11-12H2,1-2H3/b13-8-/t14-,17-,18+,19+,22+/m0/s1. The van der Waals surface area contributed by atoms with Gasteiger partial charge >= 0.3 is 11.9 Å². The van der Waals surface area contributed by atoms with Crippen molar-refractivity contribution < 1.29 is 33.6 Å². The lowest BCUT2D eigenvalue weighted by Gasteiger charge is -2.28. The number of hydrogen-bond donors (Lipinski definition) is 1. The van der Waals surface area contributed by atoms with Gasteiger partial charge in [-0.2, -0.15) is 0 Å². The molecule has 156 valence electrons. The van der Waals surface area contributed by atoms with Gasteiger partial charge in [0.15, 0.2) is 0 Å². The van der Waals surface area contributed by atoms with Gasteiger partial charge in [-0.3, -0.25) is 0 Å². The minimum atomic E-state index is -0.910. The number of carbonyl (C=O) groups is 2. The Hall–Kier alpha value is -2.64. The highest BCUT2D eigenvalue weighted by Gasteiger charge is 2.39. The molecule has 0 bridgehead atoms. The van der Waals surface area contributed by atoms with Gasteiger partial charge in [0.2, 0.25) is 0 Å². The van der Waals surface area contributed by atoms with Crippen LogP contribution in [-0.2, 0) is 23.8 Å². The summed E-state index contributed by atoms with van der Waals surface area (Å²) in [6.07, 6.45) is 5.02. The molecule has 1 aromatic carbocycles. The van der Waals surface area contributed by atoms with Crippen molar-refractivity contribution >= 4 is 18.0 Å². The lowest BCUT2D eigenvalue weighted by Crippen LogP contribution is -2.41. The largest absolute Gasteiger partial charge is 0.497 e. The molecule has 0 radical (unpaired) electrons. The van der Waals surface area contributed by atoms with Crippen LogP contribution in [0.1, 0.15) is 31.7 Å². The van der Waals surface area contributed by atoms with E-state index in [0.29, 0.717) is 19.3 Å². The smallest absolute Gasteiger partial charge is 0.331 e. The summed E-state index contributed by atoms with van der Waals surface area (Å²) in [4.78, 5) is 23.5. The predicted octanol–water partition coefficient (Wildman–Crippen LogP) is 2.42. The molecule has 7 heteroatoms. The molecule has 2 heterocycles. The van der Waals surface area contributed by atoms with E-state index >= 15 is 0 Å². The Labute approximate surface area is 169 Å². The fraction of sp³-hybridized carbons (Fsp3) is 0.455. The minimum absolute atomic E-state index is 0.317. The highest BCUT2D eigenvalue weighted by Crippen LogP contribution is 2.29. The number of aliphatic hydroxyl groups excluding tert-OH is 1. The number of esters is 2. The monoisotopic (exact) mass is 402 g/mol. The quantitative estimate of drug-likeness (QED) is 0.553. The number of hydrogen-bond acceptors (Lipinski definition) is 7. The second-order valence-corrected chi connectivity index (χ2v) is 7.14. The van der Waals surface area contributed by atoms with Crippen molar-refractivity contribution in [3.8, 4) is 5.75 Å². The summed E-state index contributed by atoms with van der Waals surface area (Å²) < 4.78 is 21.6. The molecule has 0 aliphatic carbocycles. The molecule has 0 amide bonds. The normalized spacial score (nSPS) is 26.2. The third-order valence-corrected chi connectivity index (χ3v) is 5.09. The molecule has 0 spiro atoms. The van der Waals surface area contributed by atoms with E-state index in [0.717, 1.165) is 11.3 Å². The zero-order valence-electron chi connectivity index (χ0n) is 16.5. The number of aliphatic hydroxyl groups is 1. The average molecular weight is 402 g/mol. The van der Waals surface area contributed by atoms with Crippen LogP contribution in [-0.4, -0.2) is 54.7 Å². The second-order valence-electron chi connectivity index (χ2n) is 7.14. The van der Waals surface area contributed by atoms with Gasteiger partial charge < -0.3 is 24.1 Å². The number of carbonyl (C=O) groups excluding carboxylic acids is 2. The molecule has 5 atom stereocenters. The van der Waals surface area contributed by atoms with Gasteiger partial charge in [0.05, 0.1) is 19.3 Å². The molecular formula is C22H26O7. The van der Waals surface area contributed by atoms with Crippen molar-refractivity contribution in [1.82, 2.24) is 0 Å². The maximum atomic E-state index is 12.1. The van der Waals surface area contributed by atoms with Gasteiger partial charge in [-0.1, -0.05) is 18.2 Å². The Balaban J connectivity index is 1.47. The Morgan fingerprint density at radius 1 is 1.21 bits per heavy atom. The highest BCUT2D eigenvalue weighted by atomic mass is 16.6. The SMILES string of the molecule is COc1ccc(/C=C\C(=O)O[C@@H](C)[C@@H]2CC[C@H]([C@H](O)[C@H]3CC=CC(=O)O3)O2)cc1. The van der Waals surface area contributed by atoms with Crippen molar-refractivity contribution in [2.24, 2.45) is 0 Å². The van der Waals surface area contributed by atoms with E-state index in [2.05, 4.69) is 0 Å². The minimum Gasteiger partial charge on any atom is -0.497 e. The van der Waals surface area contributed by atoms with E-state index in [-0.39, 0.29) is 6.10 Å². The van der Waals surface area contributed by atoms with Crippen molar-refractivity contribution in [3.63, 3.8) is 0 Å². The van der Waals surface area contributed by atoms with Gasteiger partial charge in [0, 0.05) is 18.6 Å². The number of benzene rings is 1.